The van der Waals surface area contributed by atoms with Gasteiger partial charge in [0.2, 0.25) is 0 Å². The Labute approximate surface area is 83.9 Å². The Morgan fingerprint density at radius 2 is 1.14 bits per heavy atom. The van der Waals surface area contributed by atoms with Crippen LogP contribution in [0.5, 0.6) is 0 Å². The summed E-state index contributed by atoms with van der Waals surface area (Å²) in [7, 11) is 0. The highest BCUT2D eigenvalue weighted by atomic mass is 19.4. The van der Waals surface area contributed by atoms with Crippen molar-refractivity contribution in [3.8, 4) is 0 Å². The second-order valence-electron chi connectivity index (χ2n) is 4.68. The van der Waals surface area contributed by atoms with Crippen molar-refractivity contribution in [2.75, 3.05) is 0 Å². The summed E-state index contributed by atoms with van der Waals surface area (Å²) in [5.41, 5.74) is -1.42. The molecule has 1 fully saturated rings. The van der Waals surface area contributed by atoms with E-state index in [1.165, 1.54) is 6.92 Å². The van der Waals surface area contributed by atoms with Crippen molar-refractivity contribution in [3.63, 3.8) is 0 Å². The molecule has 0 radical (unpaired) electrons. The van der Waals surface area contributed by atoms with Crippen molar-refractivity contribution in [2.24, 2.45) is 5.41 Å². The quantitative estimate of drug-likeness (QED) is 0.541. The molecule has 0 aromatic heterocycles. The third-order valence-corrected chi connectivity index (χ3v) is 3.39. The molecule has 1 rings (SSSR count). The summed E-state index contributed by atoms with van der Waals surface area (Å²) in [4.78, 5) is 0. The lowest BCUT2D eigenvalue weighted by atomic mass is 9.80. The maximum Gasteiger partial charge on any atom is 0.394 e. The van der Waals surface area contributed by atoms with Crippen LogP contribution >= 0.6 is 0 Å². The second kappa shape index (κ2) is 4.54. The Kier molecular flexibility index (Phi) is 3.85. The van der Waals surface area contributed by atoms with Crippen molar-refractivity contribution in [2.45, 2.75) is 64.5 Å². The molecule has 0 nitrogen and oxygen atoms in total. The molecule has 1 saturated carbocycles. The maximum atomic E-state index is 12.8. The minimum absolute atomic E-state index is 0.316. The van der Waals surface area contributed by atoms with E-state index in [-0.39, 0.29) is 0 Å². The average Bonchev–Trinajstić information content (AvgIpc) is 2.16. The Bertz CT molecular complexity index is 162. The predicted molar refractivity (Wildman–Crippen MR) is 51.1 cm³/mol. The standard InChI is InChI=1S/C11H19F3/c1-10(11(12,13)14)8-6-4-2-3-5-7-9-10/h2-9H2,1H3. The molecule has 0 spiro atoms. The zero-order valence-corrected chi connectivity index (χ0v) is 8.79. The molecular formula is C11H19F3. The Morgan fingerprint density at radius 3 is 1.50 bits per heavy atom. The average molecular weight is 208 g/mol. The monoisotopic (exact) mass is 208 g/mol. The molecule has 0 heterocycles. The van der Waals surface area contributed by atoms with Gasteiger partial charge in [0.25, 0.3) is 0 Å². The second-order valence-corrected chi connectivity index (χ2v) is 4.68. The molecule has 1 aliphatic carbocycles. The third-order valence-electron chi connectivity index (χ3n) is 3.39. The first-order valence-electron chi connectivity index (χ1n) is 5.52. The molecule has 0 saturated heterocycles. The van der Waals surface area contributed by atoms with Gasteiger partial charge in [-0.2, -0.15) is 13.2 Å². The van der Waals surface area contributed by atoms with Crippen LogP contribution in [-0.2, 0) is 0 Å². The summed E-state index contributed by atoms with van der Waals surface area (Å²) in [5.74, 6) is 0. The van der Waals surface area contributed by atoms with Gasteiger partial charge in [-0.05, 0) is 12.8 Å². The van der Waals surface area contributed by atoms with Crippen LogP contribution in [0.4, 0.5) is 13.2 Å². The van der Waals surface area contributed by atoms with Gasteiger partial charge in [0.1, 0.15) is 0 Å². The highest BCUT2D eigenvalue weighted by Gasteiger charge is 2.49. The summed E-state index contributed by atoms with van der Waals surface area (Å²) in [6.45, 7) is 1.39. The van der Waals surface area contributed by atoms with Gasteiger partial charge in [-0.3, -0.25) is 0 Å². The molecule has 0 aliphatic heterocycles. The van der Waals surface area contributed by atoms with Gasteiger partial charge in [0, 0.05) is 0 Å². The Morgan fingerprint density at radius 1 is 0.786 bits per heavy atom. The smallest absolute Gasteiger partial charge is 0.171 e. The number of halogens is 3. The van der Waals surface area contributed by atoms with Crippen molar-refractivity contribution in [1.29, 1.82) is 0 Å². The molecule has 3 heteroatoms. The lowest BCUT2D eigenvalue weighted by Crippen LogP contribution is -2.35. The molecule has 0 unspecified atom stereocenters. The van der Waals surface area contributed by atoms with Crippen molar-refractivity contribution >= 4 is 0 Å². The molecule has 84 valence electrons. The minimum atomic E-state index is -4.02. The molecule has 0 aromatic carbocycles. The van der Waals surface area contributed by atoms with E-state index in [4.69, 9.17) is 0 Å². The van der Waals surface area contributed by atoms with Crippen molar-refractivity contribution in [1.82, 2.24) is 0 Å². The first-order valence-corrected chi connectivity index (χ1v) is 5.52. The normalized spacial score (nSPS) is 24.9. The topological polar surface area (TPSA) is 0 Å². The highest BCUT2D eigenvalue weighted by molar-refractivity contribution is 4.82. The molecule has 1 aliphatic rings. The van der Waals surface area contributed by atoms with Crippen LogP contribution in [0.25, 0.3) is 0 Å². The van der Waals surface area contributed by atoms with Crippen LogP contribution in [-0.4, -0.2) is 6.18 Å². The summed E-state index contributed by atoms with van der Waals surface area (Å²) in [5, 5.41) is 0. The predicted octanol–water partition coefficient (Wildman–Crippen LogP) is 4.69. The number of hydrogen-bond donors (Lipinski definition) is 0. The molecule has 0 atom stereocenters. The zero-order chi connectivity index (χ0) is 10.7. The lowest BCUT2D eigenvalue weighted by Gasteiger charge is -2.31. The Balaban J connectivity index is 2.62. The number of alkyl halides is 3. The number of hydrogen-bond acceptors (Lipinski definition) is 0. The van der Waals surface area contributed by atoms with E-state index < -0.39 is 11.6 Å². The number of rotatable bonds is 0. The molecular weight excluding hydrogens is 189 g/mol. The fourth-order valence-corrected chi connectivity index (χ4v) is 2.15. The van der Waals surface area contributed by atoms with Crippen LogP contribution < -0.4 is 0 Å². The van der Waals surface area contributed by atoms with Gasteiger partial charge in [-0.1, -0.05) is 45.4 Å². The summed E-state index contributed by atoms with van der Waals surface area (Å²) in [6.07, 6.45) is 2.22. The van der Waals surface area contributed by atoms with E-state index >= 15 is 0 Å². The maximum absolute atomic E-state index is 12.8. The van der Waals surface area contributed by atoms with Crippen LogP contribution in [0.15, 0.2) is 0 Å². The van der Waals surface area contributed by atoms with Crippen molar-refractivity contribution < 1.29 is 13.2 Å². The van der Waals surface area contributed by atoms with Crippen LogP contribution in [0.2, 0.25) is 0 Å². The highest BCUT2D eigenvalue weighted by Crippen LogP contribution is 2.46. The van der Waals surface area contributed by atoms with E-state index in [0.717, 1.165) is 38.5 Å². The summed E-state index contributed by atoms with van der Waals surface area (Å²) >= 11 is 0. The van der Waals surface area contributed by atoms with Gasteiger partial charge in [-0.25, -0.2) is 0 Å². The van der Waals surface area contributed by atoms with Gasteiger partial charge in [0.15, 0.2) is 0 Å². The fraction of sp³-hybridized carbons (Fsp3) is 1.00. The van der Waals surface area contributed by atoms with E-state index in [2.05, 4.69) is 0 Å². The van der Waals surface area contributed by atoms with E-state index in [1.54, 1.807) is 0 Å². The van der Waals surface area contributed by atoms with Gasteiger partial charge in [-0.15, -0.1) is 0 Å². The van der Waals surface area contributed by atoms with Crippen molar-refractivity contribution in [3.05, 3.63) is 0 Å². The molecule has 0 bridgehead atoms. The van der Waals surface area contributed by atoms with E-state index in [1.807, 2.05) is 0 Å². The Hall–Kier alpha value is -0.210. The van der Waals surface area contributed by atoms with E-state index in [0.29, 0.717) is 12.8 Å². The van der Waals surface area contributed by atoms with Gasteiger partial charge in [0.05, 0.1) is 5.41 Å². The van der Waals surface area contributed by atoms with Crippen LogP contribution in [0.3, 0.4) is 0 Å². The van der Waals surface area contributed by atoms with E-state index in [9.17, 15) is 13.2 Å². The summed E-state index contributed by atoms with van der Waals surface area (Å²) < 4.78 is 38.3. The molecule has 0 amide bonds. The van der Waals surface area contributed by atoms with Gasteiger partial charge < -0.3 is 0 Å². The largest absolute Gasteiger partial charge is 0.394 e. The lowest BCUT2D eigenvalue weighted by molar-refractivity contribution is -0.223. The molecule has 14 heavy (non-hydrogen) atoms. The zero-order valence-electron chi connectivity index (χ0n) is 8.79. The molecule has 0 N–H and O–H groups in total. The summed E-state index contributed by atoms with van der Waals surface area (Å²) in [6, 6.07) is 0. The first kappa shape index (κ1) is 11.9. The SMILES string of the molecule is CC1(C(F)(F)F)CCCCCCCC1. The first-order chi connectivity index (χ1) is 6.46. The van der Waals surface area contributed by atoms with Crippen LogP contribution in [0.1, 0.15) is 58.3 Å². The fourth-order valence-electron chi connectivity index (χ4n) is 2.15. The third kappa shape index (κ3) is 2.89. The molecule has 0 aromatic rings. The van der Waals surface area contributed by atoms with Gasteiger partial charge >= 0.3 is 6.18 Å². The minimum Gasteiger partial charge on any atom is -0.171 e. The van der Waals surface area contributed by atoms with Crippen LogP contribution in [0, 0.1) is 5.41 Å².